The highest BCUT2D eigenvalue weighted by atomic mass is 32.7. The maximum Gasteiger partial charge on any atom is 0.288 e. The second-order valence-corrected chi connectivity index (χ2v) is 9.35. The zero-order chi connectivity index (χ0) is 10.3. The molecule has 0 radical (unpaired) electrons. The van der Waals surface area contributed by atoms with Crippen LogP contribution in [0.15, 0.2) is 0 Å². The highest BCUT2D eigenvalue weighted by Gasteiger charge is 2.56. The van der Waals surface area contributed by atoms with Gasteiger partial charge >= 0.3 is 0 Å². The van der Waals surface area contributed by atoms with Gasteiger partial charge in [-0.15, -0.1) is 0 Å². The van der Waals surface area contributed by atoms with E-state index in [0.29, 0.717) is 12.2 Å². The molecule has 0 aromatic rings. The van der Waals surface area contributed by atoms with Crippen molar-refractivity contribution >= 4 is 18.0 Å². The first-order valence-corrected chi connectivity index (χ1v) is 7.62. The van der Waals surface area contributed by atoms with Gasteiger partial charge in [0.2, 0.25) is 0 Å². The fourth-order valence-corrected chi connectivity index (χ4v) is 6.66. The monoisotopic (exact) mass is 224 g/mol. The Bertz CT molecular complexity index is 250. The zero-order valence-corrected chi connectivity index (χ0v) is 10.2. The standard InChI is InChI=1S/C8H17O3PS/c1-5-13-12(10)8(4,9)6-7(2,3)11-12/h9H,5-6H2,1-4H3/t8-,12?/m0/s1. The van der Waals surface area contributed by atoms with E-state index in [4.69, 9.17) is 4.52 Å². The summed E-state index contributed by atoms with van der Waals surface area (Å²) in [4.78, 5) is 0. The van der Waals surface area contributed by atoms with Crippen molar-refractivity contribution < 1.29 is 14.2 Å². The van der Waals surface area contributed by atoms with E-state index in [0.717, 1.165) is 0 Å². The Kier molecular flexibility index (Phi) is 2.91. The van der Waals surface area contributed by atoms with Gasteiger partial charge in [0.25, 0.3) is 6.57 Å². The minimum atomic E-state index is -2.92. The third kappa shape index (κ3) is 2.12. The predicted molar refractivity (Wildman–Crippen MR) is 56.1 cm³/mol. The van der Waals surface area contributed by atoms with Crippen molar-refractivity contribution in [3.63, 3.8) is 0 Å². The molecule has 1 aliphatic rings. The summed E-state index contributed by atoms with van der Waals surface area (Å²) in [5.74, 6) is 0.698. The Morgan fingerprint density at radius 3 is 2.38 bits per heavy atom. The van der Waals surface area contributed by atoms with E-state index >= 15 is 0 Å². The molecular weight excluding hydrogens is 207 g/mol. The molecule has 13 heavy (non-hydrogen) atoms. The topological polar surface area (TPSA) is 46.5 Å². The van der Waals surface area contributed by atoms with Crippen molar-refractivity contribution in [2.45, 2.75) is 45.1 Å². The van der Waals surface area contributed by atoms with Crippen LogP contribution in [0.1, 0.15) is 34.1 Å². The second-order valence-electron chi connectivity index (χ2n) is 4.16. The third-order valence-electron chi connectivity index (χ3n) is 2.02. The molecule has 3 nitrogen and oxygen atoms in total. The molecule has 1 heterocycles. The molecular formula is C8H17O3PS. The number of rotatable bonds is 2. The molecule has 0 bridgehead atoms. The SMILES string of the molecule is CCSP1(=O)OC(C)(C)C[C@@]1(C)O. The van der Waals surface area contributed by atoms with Crippen LogP contribution in [0.2, 0.25) is 0 Å². The molecule has 0 spiro atoms. The smallest absolute Gasteiger partial charge is 0.288 e. The van der Waals surface area contributed by atoms with E-state index in [1.54, 1.807) is 6.92 Å². The van der Waals surface area contributed by atoms with Gasteiger partial charge in [-0.05, 0) is 26.5 Å². The molecule has 1 fully saturated rings. The quantitative estimate of drug-likeness (QED) is 0.732. The van der Waals surface area contributed by atoms with E-state index < -0.39 is 17.5 Å². The van der Waals surface area contributed by atoms with Gasteiger partial charge in [0.05, 0.1) is 5.60 Å². The van der Waals surface area contributed by atoms with Crippen LogP contribution in [0.5, 0.6) is 0 Å². The van der Waals surface area contributed by atoms with Crippen LogP contribution < -0.4 is 0 Å². The van der Waals surface area contributed by atoms with Crippen molar-refractivity contribution in [1.29, 1.82) is 0 Å². The van der Waals surface area contributed by atoms with Crippen LogP contribution in [-0.4, -0.2) is 21.8 Å². The number of aliphatic hydroxyl groups is 1. The largest absolute Gasteiger partial charge is 0.379 e. The third-order valence-corrected chi connectivity index (χ3v) is 7.89. The molecule has 78 valence electrons. The molecule has 5 heteroatoms. The van der Waals surface area contributed by atoms with Gasteiger partial charge < -0.3 is 9.63 Å². The minimum absolute atomic E-state index is 0.435. The summed E-state index contributed by atoms with van der Waals surface area (Å²) in [5, 5.41) is 8.80. The molecule has 0 aromatic heterocycles. The van der Waals surface area contributed by atoms with Crippen LogP contribution in [-0.2, 0) is 9.09 Å². The fourth-order valence-electron chi connectivity index (χ4n) is 1.69. The lowest BCUT2D eigenvalue weighted by molar-refractivity contribution is 0.0933. The Hall–Kier alpha value is 0.500. The molecule has 0 amide bonds. The van der Waals surface area contributed by atoms with Gasteiger partial charge in [0.1, 0.15) is 5.34 Å². The minimum Gasteiger partial charge on any atom is -0.379 e. The summed E-state index contributed by atoms with van der Waals surface area (Å²) in [6.45, 7) is 4.31. The Balaban J connectivity index is 2.93. The van der Waals surface area contributed by atoms with Gasteiger partial charge in [0, 0.05) is 6.42 Å². The number of hydrogen-bond donors (Lipinski definition) is 1. The van der Waals surface area contributed by atoms with Crippen LogP contribution in [0.4, 0.5) is 0 Å². The maximum atomic E-state index is 12.2. The molecule has 2 atom stereocenters. The van der Waals surface area contributed by atoms with E-state index in [1.807, 2.05) is 20.8 Å². The normalized spacial score (nSPS) is 43.8. The summed E-state index contributed by atoms with van der Waals surface area (Å²) in [6, 6.07) is 0. The molecule has 0 aliphatic carbocycles. The molecule has 1 saturated heterocycles. The van der Waals surface area contributed by atoms with Crippen LogP contribution in [0, 0.1) is 0 Å². The lowest BCUT2D eigenvalue weighted by Crippen LogP contribution is -2.24. The summed E-state index contributed by atoms with van der Waals surface area (Å²) in [6.07, 6.45) is 0.435. The van der Waals surface area contributed by atoms with E-state index in [2.05, 4.69) is 0 Å². The highest BCUT2D eigenvalue weighted by molar-refractivity contribution is 8.57. The molecule has 1 unspecified atom stereocenters. The van der Waals surface area contributed by atoms with E-state index in [9.17, 15) is 9.67 Å². The van der Waals surface area contributed by atoms with Gasteiger partial charge in [-0.25, -0.2) is 0 Å². The van der Waals surface area contributed by atoms with Crippen molar-refractivity contribution in [2.24, 2.45) is 0 Å². The lowest BCUT2D eigenvalue weighted by Gasteiger charge is -2.22. The zero-order valence-electron chi connectivity index (χ0n) is 8.53. The van der Waals surface area contributed by atoms with Gasteiger partial charge in [-0.1, -0.05) is 18.3 Å². The first-order chi connectivity index (χ1) is 5.72. The molecule has 1 N–H and O–H groups in total. The van der Waals surface area contributed by atoms with Crippen molar-refractivity contribution in [2.75, 3.05) is 5.75 Å². The predicted octanol–water partition coefficient (Wildman–Crippen LogP) is 2.84. The molecule has 1 rings (SSSR count). The lowest BCUT2D eigenvalue weighted by atomic mass is 10.0. The maximum absolute atomic E-state index is 12.2. The van der Waals surface area contributed by atoms with Crippen molar-refractivity contribution in [3.05, 3.63) is 0 Å². The van der Waals surface area contributed by atoms with E-state index in [1.165, 1.54) is 11.4 Å². The van der Waals surface area contributed by atoms with Crippen molar-refractivity contribution in [1.82, 2.24) is 0 Å². The molecule has 0 saturated carbocycles. The second kappa shape index (κ2) is 3.27. The Morgan fingerprint density at radius 1 is 1.54 bits per heavy atom. The molecule has 0 aromatic carbocycles. The average molecular weight is 224 g/mol. The summed E-state index contributed by atoms with van der Waals surface area (Å²) < 4.78 is 17.6. The number of hydrogen-bond acceptors (Lipinski definition) is 4. The average Bonchev–Trinajstić information content (AvgIpc) is 1.96. The first-order valence-electron chi connectivity index (χ1n) is 4.40. The highest BCUT2D eigenvalue weighted by Crippen LogP contribution is 2.75. The Labute approximate surface area is 83.4 Å². The fraction of sp³-hybridized carbons (Fsp3) is 1.00. The van der Waals surface area contributed by atoms with Gasteiger partial charge in [0.15, 0.2) is 0 Å². The molecule has 1 aliphatic heterocycles. The summed E-state index contributed by atoms with van der Waals surface area (Å²) in [7, 11) is 0. The first kappa shape index (κ1) is 11.6. The summed E-state index contributed by atoms with van der Waals surface area (Å²) in [5.41, 5.74) is -0.471. The van der Waals surface area contributed by atoms with Crippen LogP contribution in [0.3, 0.4) is 0 Å². The van der Waals surface area contributed by atoms with Crippen LogP contribution >= 0.6 is 18.0 Å². The van der Waals surface area contributed by atoms with Crippen molar-refractivity contribution in [3.8, 4) is 0 Å². The Morgan fingerprint density at radius 2 is 2.08 bits per heavy atom. The summed E-state index contributed by atoms with van der Waals surface area (Å²) >= 11 is 1.23. The van der Waals surface area contributed by atoms with Crippen LogP contribution in [0.25, 0.3) is 0 Å². The van der Waals surface area contributed by atoms with Gasteiger partial charge in [-0.3, -0.25) is 4.57 Å². The van der Waals surface area contributed by atoms with Gasteiger partial charge in [-0.2, -0.15) is 0 Å². The van der Waals surface area contributed by atoms with E-state index in [-0.39, 0.29) is 0 Å².